The van der Waals surface area contributed by atoms with Crippen LogP contribution in [0.15, 0.2) is 29.2 Å². The van der Waals surface area contributed by atoms with Gasteiger partial charge in [-0.25, -0.2) is 8.42 Å². The lowest BCUT2D eigenvalue weighted by atomic mass is 10.2. The smallest absolute Gasteiger partial charge is 0.320 e. The lowest BCUT2D eigenvalue weighted by Crippen LogP contribution is -2.50. The average molecular weight is 354 g/mol. The predicted molar refractivity (Wildman–Crippen MR) is 92.2 cm³/mol. The van der Waals surface area contributed by atoms with Gasteiger partial charge in [0.15, 0.2) is 0 Å². The summed E-state index contributed by atoms with van der Waals surface area (Å²) in [6.07, 6.45) is 0. The van der Waals surface area contributed by atoms with Gasteiger partial charge in [0.25, 0.3) is 0 Å². The number of hydrogen-bond acceptors (Lipinski definition) is 5. The normalized spacial score (nSPS) is 17.7. The van der Waals surface area contributed by atoms with E-state index in [1.807, 2.05) is 32.6 Å². The molecule has 1 heterocycles. The minimum absolute atomic E-state index is 0.190. The highest BCUT2D eigenvalue weighted by Crippen LogP contribution is 2.18. The number of benzene rings is 1. The summed E-state index contributed by atoms with van der Waals surface area (Å²) < 4.78 is 32.0. The molecule has 6 nitrogen and oxygen atoms in total. The number of aryl methyl sites for hydroxylation is 1. The van der Waals surface area contributed by atoms with E-state index in [4.69, 9.17) is 4.74 Å². The topological polar surface area (TPSA) is 66.9 Å². The van der Waals surface area contributed by atoms with E-state index in [0.717, 1.165) is 5.56 Å². The maximum atomic E-state index is 12.6. The first-order valence-electron chi connectivity index (χ1n) is 8.09. The van der Waals surface area contributed by atoms with Crippen LogP contribution in [0.1, 0.15) is 26.3 Å². The SMILES string of the molecule is Cc1ccc(S(=O)(=O)N2CCN(CC(=O)OC(C)(C)C)CC2)cc1. The van der Waals surface area contributed by atoms with Crippen LogP contribution in [0.4, 0.5) is 0 Å². The van der Waals surface area contributed by atoms with Crippen molar-refractivity contribution in [1.82, 2.24) is 9.21 Å². The molecule has 0 unspecified atom stereocenters. The van der Waals surface area contributed by atoms with Crippen molar-refractivity contribution in [2.24, 2.45) is 0 Å². The second-order valence-electron chi connectivity index (χ2n) is 7.08. The van der Waals surface area contributed by atoms with Crippen molar-refractivity contribution in [3.63, 3.8) is 0 Å². The molecule has 0 bridgehead atoms. The van der Waals surface area contributed by atoms with Gasteiger partial charge in [0.05, 0.1) is 11.4 Å². The summed E-state index contributed by atoms with van der Waals surface area (Å²) >= 11 is 0. The van der Waals surface area contributed by atoms with Crippen LogP contribution in [0.3, 0.4) is 0 Å². The number of carbonyl (C=O) groups excluding carboxylic acids is 1. The molecule has 24 heavy (non-hydrogen) atoms. The van der Waals surface area contributed by atoms with Gasteiger partial charge in [-0.1, -0.05) is 17.7 Å². The molecule has 0 N–H and O–H groups in total. The highest BCUT2D eigenvalue weighted by molar-refractivity contribution is 7.89. The van der Waals surface area contributed by atoms with Gasteiger partial charge in [-0.05, 0) is 39.8 Å². The zero-order valence-corrected chi connectivity index (χ0v) is 15.6. The second kappa shape index (κ2) is 7.21. The molecule has 2 rings (SSSR count). The van der Waals surface area contributed by atoms with Gasteiger partial charge in [0, 0.05) is 26.2 Å². The molecule has 0 aromatic heterocycles. The molecule has 0 saturated carbocycles. The molecule has 1 aliphatic rings. The highest BCUT2D eigenvalue weighted by Gasteiger charge is 2.29. The van der Waals surface area contributed by atoms with Crippen LogP contribution in [0.2, 0.25) is 0 Å². The average Bonchev–Trinajstić information content (AvgIpc) is 2.46. The summed E-state index contributed by atoms with van der Waals surface area (Å²) in [7, 11) is -3.47. The summed E-state index contributed by atoms with van der Waals surface area (Å²) in [5.41, 5.74) is 0.518. The third kappa shape index (κ3) is 5.03. The largest absolute Gasteiger partial charge is 0.459 e. The molecule has 134 valence electrons. The van der Waals surface area contributed by atoms with Gasteiger partial charge < -0.3 is 4.74 Å². The van der Waals surface area contributed by atoms with E-state index < -0.39 is 15.6 Å². The number of nitrogens with zero attached hydrogens (tertiary/aromatic N) is 2. The fraction of sp³-hybridized carbons (Fsp3) is 0.588. The van der Waals surface area contributed by atoms with Crippen LogP contribution in [0.25, 0.3) is 0 Å². The first kappa shape index (κ1) is 18.9. The minimum Gasteiger partial charge on any atom is -0.459 e. The maximum Gasteiger partial charge on any atom is 0.320 e. The Morgan fingerprint density at radius 1 is 1.08 bits per heavy atom. The molecule has 0 aliphatic carbocycles. The maximum absolute atomic E-state index is 12.6. The third-order valence-corrected chi connectivity index (χ3v) is 5.68. The molecule has 0 spiro atoms. The van der Waals surface area contributed by atoms with Crippen molar-refractivity contribution >= 4 is 16.0 Å². The van der Waals surface area contributed by atoms with Crippen molar-refractivity contribution in [2.45, 2.75) is 38.2 Å². The fourth-order valence-electron chi connectivity index (χ4n) is 2.54. The fourth-order valence-corrected chi connectivity index (χ4v) is 3.97. The van der Waals surface area contributed by atoms with E-state index >= 15 is 0 Å². The Labute approximate surface area is 144 Å². The number of esters is 1. The Bertz CT molecular complexity index is 670. The number of piperazine rings is 1. The molecule has 0 radical (unpaired) electrons. The molecule has 1 fully saturated rings. The summed E-state index contributed by atoms with van der Waals surface area (Å²) in [6, 6.07) is 6.87. The number of carbonyl (C=O) groups is 1. The molecule has 1 aliphatic heterocycles. The highest BCUT2D eigenvalue weighted by atomic mass is 32.2. The first-order valence-corrected chi connectivity index (χ1v) is 9.53. The zero-order chi connectivity index (χ0) is 18.0. The van der Waals surface area contributed by atoms with Gasteiger partial charge in [-0.2, -0.15) is 4.31 Å². The summed E-state index contributed by atoms with van der Waals surface area (Å²) in [5, 5.41) is 0. The van der Waals surface area contributed by atoms with Gasteiger partial charge in [0.2, 0.25) is 10.0 Å². The number of sulfonamides is 1. The molecular formula is C17H26N2O4S. The summed E-state index contributed by atoms with van der Waals surface area (Å²) in [5.74, 6) is -0.280. The molecule has 1 saturated heterocycles. The van der Waals surface area contributed by atoms with E-state index in [-0.39, 0.29) is 12.5 Å². The van der Waals surface area contributed by atoms with Gasteiger partial charge in [-0.15, -0.1) is 0 Å². The second-order valence-corrected chi connectivity index (χ2v) is 9.02. The van der Waals surface area contributed by atoms with E-state index in [2.05, 4.69) is 0 Å². The Balaban J connectivity index is 1.92. The third-order valence-electron chi connectivity index (χ3n) is 3.76. The summed E-state index contributed by atoms with van der Waals surface area (Å²) in [6.45, 7) is 9.39. The van der Waals surface area contributed by atoms with Crippen LogP contribution in [-0.4, -0.2) is 61.9 Å². The lowest BCUT2D eigenvalue weighted by Gasteiger charge is -2.33. The van der Waals surface area contributed by atoms with E-state index in [1.54, 1.807) is 24.3 Å². The Morgan fingerprint density at radius 2 is 1.62 bits per heavy atom. The van der Waals surface area contributed by atoms with Crippen LogP contribution >= 0.6 is 0 Å². The Morgan fingerprint density at radius 3 is 2.12 bits per heavy atom. The predicted octanol–water partition coefficient (Wildman–Crippen LogP) is 1.64. The quantitative estimate of drug-likeness (QED) is 0.769. The number of ether oxygens (including phenoxy) is 1. The van der Waals surface area contributed by atoms with Crippen LogP contribution in [0.5, 0.6) is 0 Å². The van der Waals surface area contributed by atoms with Crippen LogP contribution in [-0.2, 0) is 19.6 Å². The van der Waals surface area contributed by atoms with Gasteiger partial charge in [-0.3, -0.25) is 9.69 Å². The van der Waals surface area contributed by atoms with Crippen molar-refractivity contribution in [3.8, 4) is 0 Å². The van der Waals surface area contributed by atoms with Crippen molar-refractivity contribution in [1.29, 1.82) is 0 Å². The lowest BCUT2D eigenvalue weighted by molar-refractivity contribution is -0.156. The van der Waals surface area contributed by atoms with E-state index in [1.165, 1.54) is 4.31 Å². The Kier molecular flexibility index (Phi) is 5.67. The van der Waals surface area contributed by atoms with Crippen LogP contribution in [0, 0.1) is 6.92 Å². The Hall–Kier alpha value is -1.44. The molecule has 1 aromatic carbocycles. The van der Waals surface area contributed by atoms with Gasteiger partial charge >= 0.3 is 5.97 Å². The standard InChI is InChI=1S/C17H26N2O4S/c1-14-5-7-15(8-6-14)24(21,22)19-11-9-18(10-12-19)13-16(20)23-17(2,3)4/h5-8H,9-13H2,1-4H3. The van der Waals surface area contributed by atoms with Crippen molar-refractivity contribution in [2.75, 3.05) is 32.7 Å². The first-order chi connectivity index (χ1) is 11.1. The molecular weight excluding hydrogens is 328 g/mol. The van der Waals surface area contributed by atoms with Crippen molar-refractivity contribution < 1.29 is 17.9 Å². The molecule has 0 atom stereocenters. The number of rotatable bonds is 4. The monoisotopic (exact) mass is 354 g/mol. The zero-order valence-electron chi connectivity index (χ0n) is 14.8. The minimum atomic E-state index is -3.47. The van der Waals surface area contributed by atoms with Crippen LogP contribution < -0.4 is 0 Å². The molecule has 1 aromatic rings. The summed E-state index contributed by atoms with van der Waals surface area (Å²) in [4.78, 5) is 14.1. The number of hydrogen-bond donors (Lipinski definition) is 0. The van der Waals surface area contributed by atoms with Crippen molar-refractivity contribution in [3.05, 3.63) is 29.8 Å². The molecule has 7 heteroatoms. The van der Waals surface area contributed by atoms with E-state index in [9.17, 15) is 13.2 Å². The molecule has 0 amide bonds. The van der Waals surface area contributed by atoms with Gasteiger partial charge in [0.1, 0.15) is 5.60 Å². The van der Waals surface area contributed by atoms with E-state index in [0.29, 0.717) is 31.1 Å².